The molecule has 7 aliphatic heterocycles. The van der Waals surface area contributed by atoms with Crippen LogP contribution in [0.1, 0.15) is 150 Å². The van der Waals surface area contributed by atoms with E-state index in [9.17, 15) is 14.4 Å². The van der Waals surface area contributed by atoms with E-state index in [2.05, 4.69) is 146 Å². The number of carbonyl (C=O) groups is 3. The van der Waals surface area contributed by atoms with Gasteiger partial charge in [-0.05, 0) is 245 Å². The van der Waals surface area contributed by atoms with Crippen LogP contribution in [0.3, 0.4) is 0 Å². The molecule has 0 spiro atoms. The third kappa shape index (κ3) is 28.4. The molecule has 0 bridgehead atoms. The normalized spacial score (nSPS) is 16.8. The number of hydrogen-bond donors (Lipinski definition) is 5. The maximum absolute atomic E-state index is 13.1. The van der Waals surface area contributed by atoms with E-state index < -0.39 is 5.97 Å². The number of likely N-dealkylation sites (N-methyl/N-ethyl adjacent to an activating group) is 3. The summed E-state index contributed by atoms with van der Waals surface area (Å²) in [6.07, 6.45) is 20.6. The summed E-state index contributed by atoms with van der Waals surface area (Å²) in [5, 5.41) is 18.3. The van der Waals surface area contributed by atoms with E-state index in [1.54, 1.807) is 12.1 Å². The number of likely N-dealkylation sites (tertiary alicyclic amines) is 3. The number of nitrogen functional groups attached to an aromatic ring is 1. The Bertz CT molecular complexity index is 4890. The van der Waals surface area contributed by atoms with Crippen molar-refractivity contribution in [2.24, 2.45) is 0 Å². The van der Waals surface area contributed by atoms with Crippen LogP contribution in [0.4, 0.5) is 35.3 Å². The number of nitrogens with two attached hydrogens (primary N) is 1. The number of hydrogen-bond acceptors (Lipinski definition) is 26. The number of nitrogens with zero attached hydrogens (tertiary/aromatic N) is 23. The molecule has 17 rings (SSSR count). The number of nitrogens with one attached hydrogen (secondary N) is 3. The molecular weight excluding hydrogens is 1570 g/mol. The van der Waals surface area contributed by atoms with Gasteiger partial charge in [0.1, 0.15) is 6.29 Å². The number of imidazole rings is 3. The lowest BCUT2D eigenvalue weighted by Gasteiger charge is -2.34. The molecule has 31 heteroatoms. The maximum atomic E-state index is 13.1. The van der Waals surface area contributed by atoms with Crippen LogP contribution >= 0.6 is 0 Å². The summed E-state index contributed by atoms with van der Waals surface area (Å²) in [6, 6.07) is 30.7. The van der Waals surface area contributed by atoms with E-state index in [1.165, 1.54) is 120 Å². The first-order valence-electron chi connectivity index (χ1n) is 45.9. The van der Waals surface area contributed by atoms with Gasteiger partial charge >= 0.3 is 5.97 Å². The van der Waals surface area contributed by atoms with Crippen LogP contribution in [-0.4, -0.2) is 319 Å². The number of aryl methyl sites for hydroxylation is 5. The fraction of sp³-hybridized carbons (Fsp3) is 0.553. The van der Waals surface area contributed by atoms with E-state index in [1.807, 2.05) is 120 Å². The second-order valence-electron chi connectivity index (χ2n) is 34.4. The highest BCUT2D eigenvalue weighted by Gasteiger charge is 2.28. The van der Waals surface area contributed by atoms with Crippen LogP contribution in [0.5, 0.6) is 0 Å². The molecule has 4 aromatic carbocycles. The topological polar surface area (TPSA) is 300 Å². The first-order valence-corrected chi connectivity index (χ1v) is 45.9. The Balaban J connectivity index is 0.000000149. The van der Waals surface area contributed by atoms with Gasteiger partial charge in [0.2, 0.25) is 17.8 Å². The molecule has 6 N–H and O–H groups in total. The smallest absolute Gasteiger partial charge is 0.335 e. The Morgan fingerprint density at radius 1 is 0.424 bits per heavy atom. The van der Waals surface area contributed by atoms with E-state index in [-0.39, 0.29) is 5.91 Å². The minimum absolute atomic E-state index is 0.206. The average Bonchev–Trinajstić information content (AvgIpc) is 1.65. The van der Waals surface area contributed by atoms with Gasteiger partial charge in [-0.2, -0.15) is 29.9 Å². The molecule has 13 heterocycles. The highest BCUT2D eigenvalue weighted by atomic mass is 16.4. The molecule has 1 amide bonds. The molecule has 7 fully saturated rings. The largest absolute Gasteiger partial charge is 0.478 e. The number of aromatic nitrogens is 12. The van der Waals surface area contributed by atoms with E-state index in [4.69, 9.17) is 40.7 Å². The molecule has 6 aromatic heterocycles. The lowest BCUT2D eigenvalue weighted by atomic mass is 10.1. The minimum Gasteiger partial charge on any atom is -0.478 e. The Morgan fingerprint density at radius 2 is 0.784 bits per heavy atom. The third-order valence-corrected chi connectivity index (χ3v) is 24.3. The van der Waals surface area contributed by atoms with Crippen LogP contribution in [0.15, 0.2) is 116 Å². The van der Waals surface area contributed by atoms with Crippen molar-refractivity contribution < 1.29 is 19.5 Å². The molecular formula is C94H139N27O4. The second kappa shape index (κ2) is 48.5. The molecule has 7 saturated heterocycles. The summed E-state index contributed by atoms with van der Waals surface area (Å²) < 4.78 is 6.47. The van der Waals surface area contributed by atoms with Gasteiger partial charge in [0, 0.05) is 129 Å². The fourth-order valence-electron chi connectivity index (χ4n) is 16.9. The van der Waals surface area contributed by atoms with Crippen molar-refractivity contribution in [2.75, 3.05) is 229 Å². The van der Waals surface area contributed by atoms with Crippen molar-refractivity contribution in [3.8, 4) is 0 Å². The van der Waals surface area contributed by atoms with Crippen LogP contribution in [0, 0.1) is 13.8 Å². The summed E-state index contributed by atoms with van der Waals surface area (Å²) in [5.41, 5.74) is 18.9. The van der Waals surface area contributed by atoms with Crippen molar-refractivity contribution in [1.82, 2.24) is 103 Å². The van der Waals surface area contributed by atoms with Crippen molar-refractivity contribution in [3.63, 3.8) is 0 Å². The quantitative estimate of drug-likeness (QED) is 0.0272. The number of benzene rings is 4. The summed E-state index contributed by atoms with van der Waals surface area (Å²) in [4.78, 5) is 103. The van der Waals surface area contributed by atoms with Crippen LogP contribution < -0.4 is 36.4 Å². The summed E-state index contributed by atoms with van der Waals surface area (Å²) in [7, 11) is 8.02. The Morgan fingerprint density at radius 3 is 1.15 bits per heavy atom. The number of anilines is 6. The van der Waals surface area contributed by atoms with Gasteiger partial charge in [-0.1, -0.05) is 105 Å². The predicted octanol–water partition coefficient (Wildman–Crippen LogP) is 10.8. The van der Waals surface area contributed by atoms with E-state index in [0.717, 1.165) is 244 Å². The molecule has 0 aliphatic carbocycles. The van der Waals surface area contributed by atoms with Gasteiger partial charge in [0.15, 0.2) is 50.9 Å². The molecule has 0 atom stereocenters. The summed E-state index contributed by atoms with van der Waals surface area (Å²) >= 11 is 0. The van der Waals surface area contributed by atoms with Gasteiger partial charge in [-0.3, -0.25) is 14.9 Å². The minimum atomic E-state index is -0.878. The van der Waals surface area contributed by atoms with Crippen molar-refractivity contribution in [3.05, 3.63) is 161 Å². The number of fused-ring (bicyclic) bond motifs is 3. The number of piperazine rings is 3. The zero-order valence-corrected chi connectivity index (χ0v) is 76.0. The number of amides is 1. The number of carboxylic acid groups (broad SMARTS) is 1. The van der Waals surface area contributed by atoms with E-state index >= 15 is 0 Å². The lowest BCUT2D eigenvalue weighted by molar-refractivity contribution is 0.0696. The molecule has 0 unspecified atom stereocenters. The Labute approximate surface area is 740 Å². The average molecular weight is 1710 g/mol. The van der Waals surface area contributed by atoms with Crippen molar-refractivity contribution >= 4 is 87.0 Å². The molecule has 10 aromatic rings. The van der Waals surface area contributed by atoms with Crippen molar-refractivity contribution in [2.45, 2.75) is 145 Å². The number of carboxylic acids is 1. The molecule has 0 radical (unpaired) electrons. The van der Waals surface area contributed by atoms with Crippen molar-refractivity contribution in [1.29, 1.82) is 0 Å². The summed E-state index contributed by atoms with van der Waals surface area (Å²) in [6.45, 7) is 44.1. The molecule has 125 heavy (non-hydrogen) atoms. The number of carbonyl (C=O) groups excluding carboxylic acids is 2. The fourth-order valence-corrected chi connectivity index (χ4v) is 16.9. The standard InChI is InChI=1S/C28H41N9O.C26H38N8.C18H30N8.C10H13NO2.C8H8O.C4H9N/c1-4-34-16-18-36(19-17-34)25-24-26(37(21-29-24)15-7-14-35-12-5-6-13-35)31-28(30-25)32-27(38)23-10-8-22(9-11-23)20-33(2)3;1-3-31-15-17-33(18-16-31)24-23-25(34(20-28-23)14-6-13-32-11-4-5-12-32)30-26(29-24)27-19-22-9-7-21(2)8-10-22;1-2-23-10-12-25(13-11-23)16-15-17(22-18(19)21-16)26(14-20-15)9-5-8-24-6-3-4-7-24;1-11(2)7-8-3-5-9(6-4-8)10(12)13;1-7-2-4-8(6-9)5-3-7;1-2-4-5-3-1/h8-11,21H,4-7,12-20H2,1-3H3,(H,30,31,32,38);7-10,20H,3-6,11-19H2,1-2H3,(H,27,29,30);14H,2-13H2,1H3,(H2,19,21,22);3-6H,7H2,1-2H3,(H,12,13);2-6H,1H3;5H,1-4H2. The highest BCUT2D eigenvalue weighted by Crippen LogP contribution is 2.30. The Hall–Kier alpha value is -10.2. The number of rotatable bonds is 29. The van der Waals surface area contributed by atoms with Gasteiger partial charge in [0.25, 0.3) is 5.91 Å². The summed E-state index contributed by atoms with van der Waals surface area (Å²) in [5.74, 6) is 2.93. The maximum Gasteiger partial charge on any atom is 0.335 e. The van der Waals surface area contributed by atoms with Crippen LogP contribution in [0.25, 0.3) is 33.5 Å². The first-order chi connectivity index (χ1) is 60.8. The monoisotopic (exact) mass is 1710 g/mol. The predicted molar refractivity (Wildman–Crippen MR) is 504 cm³/mol. The van der Waals surface area contributed by atoms with Gasteiger partial charge in [-0.15, -0.1) is 0 Å². The SMILES string of the molecule is C1CCNC1.CCN1CCN(c2nc(N)nc3c2ncn3CCCN2CCCC2)CC1.CCN1CCN(c2nc(NC(=O)c3ccc(CN(C)C)cc3)nc3c2ncn3CCCN2CCCC2)CC1.CCN1CCN(c2nc(NCc3ccc(C)cc3)nc3c2ncn3CCCN2CCCC2)CC1.CN(C)Cc1ccc(C(=O)O)cc1.Cc1ccc(C=O)cc1. The second-order valence-corrected chi connectivity index (χ2v) is 34.4. The molecule has 31 nitrogen and oxygen atoms in total. The molecule has 674 valence electrons. The number of aldehydes is 1. The zero-order chi connectivity index (χ0) is 87.8. The van der Waals surface area contributed by atoms with Crippen LogP contribution in [-0.2, 0) is 39.3 Å². The highest BCUT2D eigenvalue weighted by molar-refractivity contribution is 6.04. The zero-order valence-electron chi connectivity index (χ0n) is 76.0. The molecule has 0 saturated carbocycles. The van der Waals surface area contributed by atoms with Gasteiger partial charge in [0.05, 0.1) is 24.5 Å². The first kappa shape index (κ1) is 93.9. The Kier molecular flexibility index (Phi) is 36.4. The molecule has 7 aliphatic rings. The van der Waals surface area contributed by atoms with Gasteiger partial charge in [-0.25, -0.2) is 19.7 Å². The lowest BCUT2D eigenvalue weighted by Crippen LogP contribution is -2.46. The third-order valence-electron chi connectivity index (χ3n) is 24.3. The van der Waals surface area contributed by atoms with Crippen LogP contribution in [0.2, 0.25) is 0 Å². The van der Waals surface area contributed by atoms with E-state index in [0.29, 0.717) is 35.5 Å². The number of aromatic carboxylic acids is 1. The van der Waals surface area contributed by atoms with Gasteiger partial charge < -0.3 is 89.1 Å².